The first kappa shape index (κ1) is 12.1. The lowest BCUT2D eigenvalue weighted by molar-refractivity contribution is 0.407. The summed E-state index contributed by atoms with van der Waals surface area (Å²) in [6, 6.07) is 2.07. The van der Waals surface area contributed by atoms with Gasteiger partial charge in [0.05, 0.1) is 0 Å². The third-order valence-electron chi connectivity index (χ3n) is 2.76. The Morgan fingerprint density at radius 3 is 2.18 bits per heavy atom. The molecule has 0 spiro atoms. The molecule has 0 aromatic carbocycles. The van der Waals surface area contributed by atoms with E-state index in [-0.39, 0.29) is 10.8 Å². The van der Waals surface area contributed by atoms with E-state index >= 15 is 0 Å². The van der Waals surface area contributed by atoms with Gasteiger partial charge in [0, 0.05) is 11.6 Å². The molecule has 0 radical (unpaired) electrons. The molecule has 2 aromatic rings. The van der Waals surface area contributed by atoms with Gasteiger partial charge in [0.1, 0.15) is 5.52 Å². The fourth-order valence-electron chi connectivity index (χ4n) is 1.55. The van der Waals surface area contributed by atoms with E-state index in [0.717, 1.165) is 11.4 Å². The molecule has 0 amide bonds. The fourth-order valence-corrected chi connectivity index (χ4v) is 1.55. The number of nitrogens with zero attached hydrogens (tertiary/aromatic N) is 2. The predicted molar refractivity (Wildman–Crippen MR) is 69.2 cm³/mol. The van der Waals surface area contributed by atoms with Crippen LogP contribution in [-0.4, -0.2) is 9.97 Å². The van der Waals surface area contributed by atoms with Crippen molar-refractivity contribution in [1.29, 1.82) is 0 Å². The van der Waals surface area contributed by atoms with E-state index < -0.39 is 0 Å². The van der Waals surface area contributed by atoms with Gasteiger partial charge in [0.25, 0.3) is 0 Å². The van der Waals surface area contributed by atoms with Gasteiger partial charge in [-0.3, -0.25) is 0 Å². The first-order valence-corrected chi connectivity index (χ1v) is 5.95. The molecule has 0 aliphatic heterocycles. The Morgan fingerprint density at radius 2 is 1.65 bits per heavy atom. The van der Waals surface area contributed by atoms with Crippen LogP contribution in [0.2, 0.25) is 0 Å². The van der Waals surface area contributed by atoms with Crippen LogP contribution >= 0.6 is 0 Å². The lowest BCUT2D eigenvalue weighted by atomic mass is 9.88. The molecule has 2 heterocycles. The van der Waals surface area contributed by atoms with Crippen molar-refractivity contribution >= 4 is 11.2 Å². The quantitative estimate of drug-likeness (QED) is 0.693. The molecule has 3 nitrogen and oxygen atoms in total. The highest BCUT2D eigenvalue weighted by Gasteiger charge is 2.22. The lowest BCUT2D eigenvalue weighted by Crippen LogP contribution is -2.11. The van der Waals surface area contributed by atoms with Gasteiger partial charge in [-0.1, -0.05) is 41.5 Å². The summed E-state index contributed by atoms with van der Waals surface area (Å²) in [5, 5.41) is 0. The topological polar surface area (TPSA) is 38.9 Å². The fraction of sp³-hybridized carbons (Fsp3) is 0.571. The Kier molecular flexibility index (Phi) is 2.53. The Morgan fingerprint density at radius 1 is 1.00 bits per heavy atom. The molecule has 17 heavy (non-hydrogen) atoms. The molecule has 92 valence electrons. The SMILES string of the molecule is CC(C)(C)c1cnc2oc(C(C)(C)C)nc2c1. The molecule has 0 saturated carbocycles. The zero-order valence-corrected chi connectivity index (χ0v) is 11.5. The Hall–Kier alpha value is -1.38. The second-order valence-electron chi connectivity index (χ2n) is 6.57. The number of hydrogen-bond donors (Lipinski definition) is 0. The summed E-state index contributed by atoms with van der Waals surface area (Å²) in [6.07, 6.45) is 1.87. The molecule has 0 N–H and O–H groups in total. The van der Waals surface area contributed by atoms with E-state index in [0.29, 0.717) is 5.71 Å². The number of pyridine rings is 1. The Balaban J connectivity index is 2.56. The Bertz CT molecular complexity index is 529. The first-order chi connectivity index (χ1) is 7.68. The van der Waals surface area contributed by atoms with Gasteiger partial charge < -0.3 is 4.42 Å². The van der Waals surface area contributed by atoms with E-state index in [9.17, 15) is 0 Å². The van der Waals surface area contributed by atoms with Crippen LogP contribution < -0.4 is 0 Å². The van der Waals surface area contributed by atoms with Gasteiger partial charge in [-0.05, 0) is 17.0 Å². The van der Waals surface area contributed by atoms with Crippen LogP contribution in [0.25, 0.3) is 11.2 Å². The summed E-state index contributed by atoms with van der Waals surface area (Å²) in [6.45, 7) is 12.8. The highest BCUT2D eigenvalue weighted by atomic mass is 16.4. The lowest BCUT2D eigenvalue weighted by Gasteiger charge is -2.17. The maximum Gasteiger partial charge on any atom is 0.246 e. The minimum Gasteiger partial charge on any atom is -0.422 e. The monoisotopic (exact) mass is 232 g/mol. The third-order valence-corrected chi connectivity index (χ3v) is 2.76. The van der Waals surface area contributed by atoms with Gasteiger partial charge in [0.2, 0.25) is 11.6 Å². The van der Waals surface area contributed by atoms with Gasteiger partial charge in [-0.25, -0.2) is 9.97 Å². The van der Waals surface area contributed by atoms with Crippen LogP contribution in [0.3, 0.4) is 0 Å². The standard InChI is InChI=1S/C14H20N2O/c1-13(2,3)9-7-10-11(15-8-9)17-12(16-10)14(4,5)6/h7-8H,1-6H3. The highest BCUT2D eigenvalue weighted by molar-refractivity contribution is 5.69. The van der Waals surface area contributed by atoms with Crippen LogP contribution in [0, 0.1) is 0 Å². The van der Waals surface area contributed by atoms with Crippen molar-refractivity contribution in [2.45, 2.75) is 52.4 Å². The Labute approximate surface area is 102 Å². The average Bonchev–Trinajstić information content (AvgIpc) is 2.57. The molecule has 0 bridgehead atoms. The predicted octanol–water partition coefficient (Wildman–Crippen LogP) is 3.82. The minimum absolute atomic E-state index is 0.0808. The number of aromatic nitrogens is 2. The van der Waals surface area contributed by atoms with Crippen LogP contribution in [0.4, 0.5) is 0 Å². The average molecular weight is 232 g/mol. The van der Waals surface area contributed by atoms with Crippen molar-refractivity contribution in [3.63, 3.8) is 0 Å². The number of rotatable bonds is 0. The maximum atomic E-state index is 5.68. The van der Waals surface area contributed by atoms with Crippen LogP contribution in [-0.2, 0) is 10.8 Å². The molecule has 2 rings (SSSR count). The van der Waals surface area contributed by atoms with Crippen molar-refractivity contribution in [2.75, 3.05) is 0 Å². The van der Waals surface area contributed by atoms with E-state index in [1.165, 1.54) is 5.56 Å². The van der Waals surface area contributed by atoms with Crippen molar-refractivity contribution in [2.24, 2.45) is 0 Å². The van der Waals surface area contributed by atoms with E-state index in [2.05, 4.69) is 57.6 Å². The number of fused-ring (bicyclic) bond motifs is 1. The molecule has 3 heteroatoms. The molecule has 0 atom stereocenters. The van der Waals surface area contributed by atoms with Gasteiger partial charge >= 0.3 is 0 Å². The summed E-state index contributed by atoms with van der Waals surface area (Å²) in [4.78, 5) is 8.88. The molecule has 0 unspecified atom stereocenters. The molecular weight excluding hydrogens is 212 g/mol. The molecule has 0 aliphatic rings. The van der Waals surface area contributed by atoms with Crippen LogP contribution in [0.15, 0.2) is 16.7 Å². The highest BCUT2D eigenvalue weighted by Crippen LogP contribution is 2.28. The molecule has 0 aliphatic carbocycles. The number of hydrogen-bond acceptors (Lipinski definition) is 3. The van der Waals surface area contributed by atoms with Gasteiger partial charge in [-0.15, -0.1) is 0 Å². The molecule has 0 fully saturated rings. The second-order valence-corrected chi connectivity index (χ2v) is 6.57. The largest absolute Gasteiger partial charge is 0.422 e. The minimum atomic E-state index is -0.0808. The summed E-state index contributed by atoms with van der Waals surface area (Å²) in [7, 11) is 0. The van der Waals surface area contributed by atoms with Crippen molar-refractivity contribution in [1.82, 2.24) is 9.97 Å². The maximum absolute atomic E-state index is 5.68. The normalized spacial score (nSPS) is 13.3. The van der Waals surface area contributed by atoms with E-state index in [4.69, 9.17) is 4.42 Å². The summed E-state index contributed by atoms with van der Waals surface area (Å²) in [5.41, 5.74) is 2.66. The number of oxazole rings is 1. The van der Waals surface area contributed by atoms with E-state index in [1.54, 1.807) is 0 Å². The van der Waals surface area contributed by atoms with Crippen LogP contribution in [0.5, 0.6) is 0 Å². The first-order valence-electron chi connectivity index (χ1n) is 5.95. The van der Waals surface area contributed by atoms with Crippen molar-refractivity contribution in [3.05, 3.63) is 23.7 Å². The third kappa shape index (κ3) is 2.33. The summed E-state index contributed by atoms with van der Waals surface area (Å²) in [5.74, 6) is 0.742. The molecular formula is C14H20N2O. The van der Waals surface area contributed by atoms with Crippen molar-refractivity contribution in [3.8, 4) is 0 Å². The van der Waals surface area contributed by atoms with Crippen LogP contribution in [0.1, 0.15) is 53.0 Å². The zero-order valence-electron chi connectivity index (χ0n) is 11.5. The van der Waals surface area contributed by atoms with Crippen molar-refractivity contribution < 1.29 is 4.42 Å². The second kappa shape index (κ2) is 3.56. The summed E-state index contributed by atoms with van der Waals surface area (Å²) >= 11 is 0. The summed E-state index contributed by atoms with van der Waals surface area (Å²) < 4.78 is 5.68. The van der Waals surface area contributed by atoms with E-state index in [1.807, 2.05) is 6.20 Å². The van der Waals surface area contributed by atoms with Gasteiger partial charge in [0.15, 0.2) is 0 Å². The zero-order chi connectivity index (χ0) is 12.8. The smallest absolute Gasteiger partial charge is 0.246 e. The molecule has 2 aromatic heterocycles. The molecule has 0 saturated heterocycles. The van der Waals surface area contributed by atoms with Gasteiger partial charge in [-0.2, -0.15) is 0 Å².